The molecule has 1 saturated heterocycles. The molecular formula is C17H30IN5O2. The van der Waals surface area contributed by atoms with E-state index in [0.717, 1.165) is 37.0 Å². The lowest BCUT2D eigenvalue weighted by Gasteiger charge is -2.36. The summed E-state index contributed by atoms with van der Waals surface area (Å²) in [7, 11) is 3.44. The van der Waals surface area contributed by atoms with Gasteiger partial charge < -0.3 is 25.0 Å². The van der Waals surface area contributed by atoms with Gasteiger partial charge in [0, 0.05) is 46.5 Å². The molecular weight excluding hydrogens is 433 g/mol. The molecule has 1 aromatic rings. The van der Waals surface area contributed by atoms with E-state index in [1.54, 1.807) is 14.2 Å². The number of halogens is 1. The van der Waals surface area contributed by atoms with Gasteiger partial charge in [-0.15, -0.1) is 24.0 Å². The van der Waals surface area contributed by atoms with Crippen molar-refractivity contribution < 1.29 is 9.47 Å². The third-order valence-corrected chi connectivity index (χ3v) is 3.83. The van der Waals surface area contributed by atoms with E-state index in [4.69, 9.17) is 9.47 Å². The van der Waals surface area contributed by atoms with Crippen molar-refractivity contribution in [3.63, 3.8) is 0 Å². The molecule has 1 aliphatic rings. The normalized spacial score (nSPS) is 20.8. The molecule has 1 aromatic heterocycles. The summed E-state index contributed by atoms with van der Waals surface area (Å²) < 4.78 is 10.8. The zero-order chi connectivity index (χ0) is 17.4. The minimum Gasteiger partial charge on any atom is -0.383 e. The lowest BCUT2D eigenvalue weighted by Crippen LogP contribution is -2.45. The number of aliphatic imine (C=N–C) groups is 1. The Hall–Kier alpha value is -1.13. The minimum absolute atomic E-state index is 0. The number of hydrogen-bond donors (Lipinski definition) is 2. The van der Waals surface area contributed by atoms with E-state index in [1.165, 1.54) is 0 Å². The molecule has 25 heavy (non-hydrogen) atoms. The van der Waals surface area contributed by atoms with Crippen LogP contribution in [-0.2, 0) is 16.0 Å². The Balaban J connectivity index is 0.00000312. The van der Waals surface area contributed by atoms with Gasteiger partial charge in [0.1, 0.15) is 5.82 Å². The van der Waals surface area contributed by atoms with Gasteiger partial charge in [-0.3, -0.25) is 4.99 Å². The van der Waals surface area contributed by atoms with Crippen LogP contribution in [-0.4, -0.2) is 63.6 Å². The second-order valence-electron chi connectivity index (χ2n) is 6.03. The van der Waals surface area contributed by atoms with Gasteiger partial charge in [0.05, 0.1) is 18.8 Å². The predicted molar refractivity (Wildman–Crippen MR) is 112 cm³/mol. The second-order valence-corrected chi connectivity index (χ2v) is 6.03. The van der Waals surface area contributed by atoms with Crippen LogP contribution >= 0.6 is 24.0 Å². The van der Waals surface area contributed by atoms with E-state index in [1.807, 2.05) is 6.20 Å². The number of anilines is 1. The van der Waals surface area contributed by atoms with Gasteiger partial charge in [-0.2, -0.15) is 0 Å². The van der Waals surface area contributed by atoms with Crippen molar-refractivity contribution >= 4 is 35.8 Å². The highest BCUT2D eigenvalue weighted by Crippen LogP contribution is 2.18. The maximum atomic E-state index is 5.77. The molecule has 2 unspecified atom stereocenters. The molecule has 2 N–H and O–H groups in total. The molecule has 2 atom stereocenters. The van der Waals surface area contributed by atoms with Crippen LogP contribution in [0.25, 0.3) is 0 Å². The molecule has 0 amide bonds. The van der Waals surface area contributed by atoms with Crippen molar-refractivity contribution in [1.82, 2.24) is 15.6 Å². The average Bonchev–Trinajstić information content (AvgIpc) is 2.57. The van der Waals surface area contributed by atoms with Crippen molar-refractivity contribution in [3.8, 4) is 0 Å². The summed E-state index contributed by atoms with van der Waals surface area (Å²) in [6.07, 6.45) is 2.38. The number of nitrogens with one attached hydrogen (secondary N) is 2. The average molecular weight is 463 g/mol. The fourth-order valence-corrected chi connectivity index (χ4v) is 2.75. The topological polar surface area (TPSA) is 71.0 Å². The molecule has 0 radical (unpaired) electrons. The molecule has 142 valence electrons. The largest absolute Gasteiger partial charge is 0.383 e. The SMILES string of the molecule is CN=C(NCCOC)NCc1ccc(N2CC(C)OC(C)C2)nc1.I. The fourth-order valence-electron chi connectivity index (χ4n) is 2.75. The molecule has 8 heteroatoms. The van der Waals surface area contributed by atoms with Crippen molar-refractivity contribution in [2.24, 2.45) is 4.99 Å². The van der Waals surface area contributed by atoms with Gasteiger partial charge in [-0.05, 0) is 25.5 Å². The number of ether oxygens (including phenoxy) is 2. The molecule has 2 heterocycles. The second kappa shape index (κ2) is 11.5. The summed E-state index contributed by atoms with van der Waals surface area (Å²) in [5.41, 5.74) is 1.11. The third-order valence-electron chi connectivity index (χ3n) is 3.83. The van der Waals surface area contributed by atoms with E-state index in [0.29, 0.717) is 13.2 Å². The summed E-state index contributed by atoms with van der Waals surface area (Å²) in [6.45, 7) is 8.01. The van der Waals surface area contributed by atoms with Crippen LogP contribution in [0.15, 0.2) is 23.3 Å². The molecule has 1 fully saturated rings. The zero-order valence-corrected chi connectivity index (χ0v) is 17.8. The van der Waals surface area contributed by atoms with Gasteiger partial charge in [0.25, 0.3) is 0 Å². The summed E-state index contributed by atoms with van der Waals surface area (Å²) in [5.74, 6) is 1.76. The Morgan fingerprint density at radius 1 is 1.32 bits per heavy atom. The van der Waals surface area contributed by atoms with Crippen LogP contribution in [0.2, 0.25) is 0 Å². The summed E-state index contributed by atoms with van der Waals surface area (Å²) in [4.78, 5) is 11.1. The molecule has 0 saturated carbocycles. The molecule has 0 bridgehead atoms. The number of morpholine rings is 1. The van der Waals surface area contributed by atoms with Crippen molar-refractivity contribution in [2.45, 2.75) is 32.6 Å². The molecule has 0 spiro atoms. The Morgan fingerprint density at radius 2 is 2.04 bits per heavy atom. The summed E-state index contributed by atoms with van der Waals surface area (Å²) in [6, 6.07) is 4.17. The van der Waals surface area contributed by atoms with Crippen molar-refractivity contribution in [3.05, 3.63) is 23.9 Å². The Kier molecular flexibility index (Phi) is 10.1. The zero-order valence-electron chi connectivity index (χ0n) is 15.5. The van der Waals surface area contributed by atoms with Crippen LogP contribution < -0.4 is 15.5 Å². The number of methoxy groups -OCH3 is 1. The fraction of sp³-hybridized carbons (Fsp3) is 0.647. The molecule has 7 nitrogen and oxygen atoms in total. The highest BCUT2D eigenvalue weighted by Gasteiger charge is 2.22. The number of guanidine groups is 1. The highest BCUT2D eigenvalue weighted by atomic mass is 127. The standard InChI is InChI=1S/C17H29N5O2.HI/c1-13-11-22(12-14(2)24-13)16-6-5-15(9-20-16)10-21-17(18-3)19-7-8-23-4;/h5-6,9,13-14H,7-8,10-12H2,1-4H3,(H2,18,19,21);1H. The van der Waals surface area contributed by atoms with Gasteiger partial charge in [-0.25, -0.2) is 4.98 Å². The number of pyridine rings is 1. The first-order valence-corrected chi connectivity index (χ1v) is 8.41. The number of nitrogens with zero attached hydrogens (tertiary/aromatic N) is 3. The number of aromatic nitrogens is 1. The monoisotopic (exact) mass is 463 g/mol. The molecule has 0 aromatic carbocycles. The van der Waals surface area contributed by atoms with E-state index in [-0.39, 0.29) is 36.2 Å². The lowest BCUT2D eigenvalue weighted by atomic mass is 10.2. The maximum Gasteiger partial charge on any atom is 0.191 e. The number of rotatable bonds is 6. The van der Waals surface area contributed by atoms with Crippen LogP contribution in [0, 0.1) is 0 Å². The highest BCUT2D eigenvalue weighted by molar-refractivity contribution is 14.0. The van der Waals surface area contributed by atoms with Crippen molar-refractivity contribution in [1.29, 1.82) is 0 Å². The van der Waals surface area contributed by atoms with Crippen molar-refractivity contribution in [2.75, 3.05) is 45.3 Å². The molecule has 2 rings (SSSR count). The molecule has 1 aliphatic heterocycles. The first-order valence-electron chi connectivity index (χ1n) is 8.41. The Labute approximate surface area is 167 Å². The van der Waals surface area contributed by atoms with E-state index in [2.05, 4.69) is 51.5 Å². The third kappa shape index (κ3) is 7.33. The van der Waals surface area contributed by atoms with Crippen LogP contribution in [0.5, 0.6) is 0 Å². The lowest BCUT2D eigenvalue weighted by molar-refractivity contribution is -0.00545. The number of hydrogen-bond acceptors (Lipinski definition) is 5. The van der Waals surface area contributed by atoms with Gasteiger partial charge in [0.15, 0.2) is 5.96 Å². The smallest absolute Gasteiger partial charge is 0.191 e. The summed E-state index contributed by atoms with van der Waals surface area (Å²) >= 11 is 0. The van der Waals surface area contributed by atoms with Gasteiger partial charge >= 0.3 is 0 Å². The molecule has 0 aliphatic carbocycles. The van der Waals surface area contributed by atoms with E-state index in [9.17, 15) is 0 Å². The van der Waals surface area contributed by atoms with E-state index < -0.39 is 0 Å². The van der Waals surface area contributed by atoms with E-state index >= 15 is 0 Å². The maximum absolute atomic E-state index is 5.77. The summed E-state index contributed by atoms with van der Waals surface area (Å²) in [5, 5.41) is 6.45. The predicted octanol–water partition coefficient (Wildman–Crippen LogP) is 1.62. The minimum atomic E-state index is 0. The Bertz CT molecular complexity index is 516. The van der Waals surface area contributed by atoms with Gasteiger partial charge in [-0.1, -0.05) is 6.07 Å². The van der Waals surface area contributed by atoms with Crippen LogP contribution in [0.1, 0.15) is 19.4 Å². The van der Waals surface area contributed by atoms with Crippen LogP contribution in [0.4, 0.5) is 5.82 Å². The first kappa shape index (κ1) is 21.9. The van der Waals surface area contributed by atoms with Crippen LogP contribution in [0.3, 0.4) is 0 Å². The van der Waals surface area contributed by atoms with Gasteiger partial charge in [0.2, 0.25) is 0 Å². The Morgan fingerprint density at radius 3 is 2.60 bits per heavy atom. The first-order chi connectivity index (χ1) is 11.6. The quantitative estimate of drug-likeness (QED) is 0.289.